The molecule has 1 unspecified atom stereocenters. The topological polar surface area (TPSA) is 12.0 Å². The van der Waals surface area contributed by atoms with Gasteiger partial charge in [-0.05, 0) is 43.7 Å². The van der Waals surface area contributed by atoms with Gasteiger partial charge in [0.25, 0.3) is 0 Å². The molecule has 0 saturated carbocycles. The number of benzene rings is 1. The zero-order chi connectivity index (χ0) is 13.2. The molecule has 0 amide bonds. The van der Waals surface area contributed by atoms with Crippen molar-refractivity contribution in [2.45, 2.75) is 37.1 Å². The Hall–Kier alpha value is -0.620. The highest BCUT2D eigenvalue weighted by Gasteiger charge is 2.07. The quantitative estimate of drug-likeness (QED) is 0.435. The Balaban J connectivity index is 2.36. The molecule has 1 aromatic rings. The molecule has 1 N–H and O–H groups in total. The van der Waals surface area contributed by atoms with Gasteiger partial charge in [-0.25, -0.2) is 0 Å². The number of nitrogens with one attached hydrogen (secondary N) is 1. The van der Waals surface area contributed by atoms with Crippen LogP contribution in [0.15, 0.2) is 29.2 Å². The molecule has 0 heterocycles. The van der Waals surface area contributed by atoms with Crippen molar-refractivity contribution in [3.8, 4) is 12.3 Å². The maximum atomic E-state index is 5.87. The molecule has 0 fully saturated rings. The summed E-state index contributed by atoms with van der Waals surface area (Å²) in [7, 11) is 0. The number of hydrogen-bond donors (Lipinski definition) is 1. The number of thioether (sulfide) groups is 1. The standard InChI is InChI=1S/C15H20ClNS/c1-3-5-6-7-14(17-4-2)12-18-15-10-8-13(16)9-11-15/h1,8-11,14,17H,4-7,12H2,2H3. The van der Waals surface area contributed by atoms with Gasteiger partial charge in [-0.1, -0.05) is 18.5 Å². The largest absolute Gasteiger partial charge is 0.313 e. The predicted octanol–water partition coefficient (Wildman–Crippen LogP) is 4.21. The van der Waals surface area contributed by atoms with Crippen LogP contribution in [-0.2, 0) is 0 Å². The number of rotatable bonds is 8. The number of unbranched alkanes of at least 4 members (excludes halogenated alkanes) is 1. The minimum atomic E-state index is 0.532. The highest BCUT2D eigenvalue weighted by molar-refractivity contribution is 7.99. The van der Waals surface area contributed by atoms with Gasteiger partial charge in [0, 0.05) is 28.1 Å². The average Bonchev–Trinajstić information content (AvgIpc) is 2.38. The molecule has 0 aliphatic carbocycles. The van der Waals surface area contributed by atoms with Crippen molar-refractivity contribution in [2.24, 2.45) is 0 Å². The zero-order valence-corrected chi connectivity index (χ0v) is 12.4. The van der Waals surface area contributed by atoms with E-state index in [4.69, 9.17) is 18.0 Å². The van der Waals surface area contributed by atoms with E-state index in [2.05, 4.69) is 30.3 Å². The molecule has 0 spiro atoms. The normalized spacial score (nSPS) is 12.1. The van der Waals surface area contributed by atoms with Crippen LogP contribution in [-0.4, -0.2) is 18.3 Å². The van der Waals surface area contributed by atoms with Crippen LogP contribution in [0.1, 0.15) is 26.2 Å². The lowest BCUT2D eigenvalue weighted by Crippen LogP contribution is -2.31. The van der Waals surface area contributed by atoms with Gasteiger partial charge in [0.05, 0.1) is 0 Å². The van der Waals surface area contributed by atoms with Crippen molar-refractivity contribution >= 4 is 23.4 Å². The van der Waals surface area contributed by atoms with Gasteiger partial charge in [0.15, 0.2) is 0 Å². The molecular formula is C15H20ClNS. The third-order valence-corrected chi connectivity index (χ3v) is 4.06. The summed E-state index contributed by atoms with van der Waals surface area (Å²) in [6, 6.07) is 8.54. The smallest absolute Gasteiger partial charge is 0.0406 e. The molecule has 3 heteroatoms. The molecule has 1 rings (SSSR count). The Morgan fingerprint density at radius 2 is 2.11 bits per heavy atom. The van der Waals surface area contributed by atoms with Crippen LogP contribution in [0.3, 0.4) is 0 Å². The second kappa shape index (κ2) is 9.33. The first-order valence-corrected chi connectivity index (χ1v) is 7.67. The van der Waals surface area contributed by atoms with E-state index in [9.17, 15) is 0 Å². The summed E-state index contributed by atoms with van der Waals surface area (Å²) < 4.78 is 0. The van der Waals surface area contributed by atoms with Gasteiger partial charge in [-0.2, -0.15) is 0 Å². The Labute approximate surface area is 120 Å². The second-order valence-electron chi connectivity index (χ2n) is 4.12. The Morgan fingerprint density at radius 3 is 2.72 bits per heavy atom. The minimum absolute atomic E-state index is 0.532. The highest BCUT2D eigenvalue weighted by Crippen LogP contribution is 2.22. The van der Waals surface area contributed by atoms with Gasteiger partial charge >= 0.3 is 0 Å². The lowest BCUT2D eigenvalue weighted by Gasteiger charge is -2.16. The summed E-state index contributed by atoms with van der Waals surface area (Å²) in [5.74, 6) is 3.77. The molecule has 0 bridgehead atoms. The fourth-order valence-electron chi connectivity index (χ4n) is 1.71. The molecule has 0 aliphatic rings. The van der Waals surface area contributed by atoms with Crippen LogP contribution in [0.4, 0.5) is 0 Å². The van der Waals surface area contributed by atoms with Crippen molar-refractivity contribution in [2.75, 3.05) is 12.3 Å². The fourth-order valence-corrected chi connectivity index (χ4v) is 2.84. The first kappa shape index (κ1) is 15.4. The van der Waals surface area contributed by atoms with Crippen molar-refractivity contribution in [3.05, 3.63) is 29.3 Å². The minimum Gasteiger partial charge on any atom is -0.313 e. The van der Waals surface area contributed by atoms with Gasteiger partial charge in [0.2, 0.25) is 0 Å². The van der Waals surface area contributed by atoms with Gasteiger partial charge < -0.3 is 5.32 Å². The maximum Gasteiger partial charge on any atom is 0.0406 e. The fraction of sp³-hybridized carbons (Fsp3) is 0.467. The molecule has 0 aromatic heterocycles. The van der Waals surface area contributed by atoms with E-state index in [-0.39, 0.29) is 0 Å². The van der Waals surface area contributed by atoms with E-state index in [1.807, 2.05) is 23.9 Å². The third-order valence-electron chi connectivity index (χ3n) is 2.63. The van der Waals surface area contributed by atoms with Gasteiger partial charge in [0.1, 0.15) is 0 Å². The van der Waals surface area contributed by atoms with E-state index in [1.54, 1.807) is 0 Å². The van der Waals surface area contributed by atoms with Crippen LogP contribution >= 0.6 is 23.4 Å². The number of halogens is 1. The molecule has 1 nitrogen and oxygen atoms in total. The Kier molecular flexibility index (Phi) is 8.00. The van der Waals surface area contributed by atoms with Crippen molar-refractivity contribution < 1.29 is 0 Å². The van der Waals surface area contributed by atoms with Crippen LogP contribution in [0.2, 0.25) is 5.02 Å². The molecule has 18 heavy (non-hydrogen) atoms. The van der Waals surface area contributed by atoms with E-state index in [0.717, 1.165) is 36.6 Å². The van der Waals surface area contributed by atoms with Gasteiger partial charge in [-0.3, -0.25) is 0 Å². The molecule has 1 aromatic carbocycles. The summed E-state index contributed by atoms with van der Waals surface area (Å²) in [5, 5.41) is 4.30. The first-order valence-electron chi connectivity index (χ1n) is 6.31. The molecule has 0 aliphatic heterocycles. The van der Waals surface area contributed by atoms with Crippen molar-refractivity contribution in [1.29, 1.82) is 0 Å². The SMILES string of the molecule is C#CCCCC(CSc1ccc(Cl)cc1)NCC. The number of terminal acetylenes is 1. The summed E-state index contributed by atoms with van der Waals surface area (Å²) in [6.07, 6.45) is 8.38. The Morgan fingerprint density at radius 1 is 1.39 bits per heavy atom. The van der Waals surface area contributed by atoms with E-state index in [0.29, 0.717) is 6.04 Å². The monoisotopic (exact) mass is 281 g/mol. The van der Waals surface area contributed by atoms with Gasteiger partial charge in [-0.15, -0.1) is 24.1 Å². The summed E-state index contributed by atoms with van der Waals surface area (Å²) in [6.45, 7) is 3.14. The molecular weight excluding hydrogens is 262 g/mol. The summed E-state index contributed by atoms with van der Waals surface area (Å²) >= 11 is 7.73. The highest BCUT2D eigenvalue weighted by atomic mass is 35.5. The molecule has 98 valence electrons. The second-order valence-corrected chi connectivity index (χ2v) is 5.65. The predicted molar refractivity (Wildman–Crippen MR) is 82.3 cm³/mol. The molecule has 0 saturated heterocycles. The van der Waals surface area contributed by atoms with Crippen LogP contribution in [0, 0.1) is 12.3 Å². The summed E-state index contributed by atoms with van der Waals surface area (Å²) in [5.41, 5.74) is 0. The average molecular weight is 282 g/mol. The van der Waals surface area contributed by atoms with Crippen LogP contribution < -0.4 is 5.32 Å². The van der Waals surface area contributed by atoms with Crippen molar-refractivity contribution in [3.63, 3.8) is 0 Å². The van der Waals surface area contributed by atoms with E-state index in [1.165, 1.54) is 4.90 Å². The lowest BCUT2D eigenvalue weighted by atomic mass is 10.1. The third kappa shape index (κ3) is 6.35. The maximum absolute atomic E-state index is 5.87. The summed E-state index contributed by atoms with van der Waals surface area (Å²) in [4.78, 5) is 1.26. The zero-order valence-electron chi connectivity index (χ0n) is 10.8. The number of hydrogen-bond acceptors (Lipinski definition) is 2. The van der Waals surface area contributed by atoms with E-state index >= 15 is 0 Å². The van der Waals surface area contributed by atoms with Crippen molar-refractivity contribution in [1.82, 2.24) is 5.32 Å². The first-order chi connectivity index (χ1) is 8.76. The van der Waals surface area contributed by atoms with Crippen LogP contribution in [0.25, 0.3) is 0 Å². The lowest BCUT2D eigenvalue weighted by molar-refractivity contribution is 0.523. The Bertz CT molecular complexity index is 369. The molecule has 0 radical (unpaired) electrons. The van der Waals surface area contributed by atoms with E-state index < -0.39 is 0 Å². The van der Waals surface area contributed by atoms with Crippen LogP contribution in [0.5, 0.6) is 0 Å². The molecule has 1 atom stereocenters.